The van der Waals surface area contributed by atoms with Gasteiger partial charge in [0.15, 0.2) is 0 Å². The molecular formula is C23H25N3O2. The van der Waals surface area contributed by atoms with Crippen molar-refractivity contribution in [3.8, 4) is 11.4 Å². The second-order valence-electron chi connectivity index (χ2n) is 7.22. The lowest BCUT2D eigenvalue weighted by Crippen LogP contribution is -2.30. The van der Waals surface area contributed by atoms with Crippen molar-refractivity contribution in [1.82, 2.24) is 15.0 Å². The lowest BCUT2D eigenvalue weighted by Gasteiger charge is -2.25. The first-order valence-corrected chi connectivity index (χ1v) is 10.0. The Labute approximate surface area is 165 Å². The summed E-state index contributed by atoms with van der Waals surface area (Å²) in [4.78, 5) is 19.2. The predicted molar refractivity (Wildman–Crippen MR) is 108 cm³/mol. The standard InChI is InChI=1S/C23H25N3O2/c1-2-17-10-12-19(13-11-17)23-24-21(28-25-23)14-15-22(27)26-16-6-9-20(26)18-7-4-3-5-8-18/h3-5,7-8,10-13,20H,2,6,9,14-16H2,1H3/t20-/m0/s1. The Bertz CT molecular complexity index is 919. The number of amides is 1. The molecule has 1 fully saturated rings. The lowest BCUT2D eigenvalue weighted by molar-refractivity contribution is -0.132. The highest BCUT2D eigenvalue weighted by molar-refractivity contribution is 5.77. The van der Waals surface area contributed by atoms with E-state index in [1.54, 1.807) is 0 Å². The molecule has 1 atom stereocenters. The third-order valence-electron chi connectivity index (χ3n) is 5.40. The number of nitrogens with zero attached hydrogens (tertiary/aromatic N) is 3. The number of carbonyl (C=O) groups is 1. The maximum atomic E-state index is 12.8. The van der Waals surface area contributed by atoms with E-state index in [2.05, 4.69) is 41.3 Å². The molecule has 0 radical (unpaired) electrons. The summed E-state index contributed by atoms with van der Waals surface area (Å²) in [6.07, 6.45) is 3.93. The summed E-state index contributed by atoms with van der Waals surface area (Å²) in [5, 5.41) is 4.07. The smallest absolute Gasteiger partial charge is 0.227 e. The van der Waals surface area contributed by atoms with Gasteiger partial charge in [0, 0.05) is 24.9 Å². The predicted octanol–water partition coefficient (Wildman–Crippen LogP) is 4.60. The van der Waals surface area contributed by atoms with E-state index in [-0.39, 0.29) is 11.9 Å². The van der Waals surface area contributed by atoms with Crippen molar-refractivity contribution in [3.63, 3.8) is 0 Å². The third-order valence-corrected chi connectivity index (χ3v) is 5.40. The number of aryl methyl sites for hydroxylation is 2. The van der Waals surface area contributed by atoms with Crippen LogP contribution < -0.4 is 0 Å². The van der Waals surface area contributed by atoms with E-state index in [9.17, 15) is 4.79 Å². The Morgan fingerprint density at radius 3 is 2.68 bits per heavy atom. The molecule has 1 aliphatic heterocycles. The molecule has 28 heavy (non-hydrogen) atoms. The number of benzene rings is 2. The van der Waals surface area contributed by atoms with E-state index in [1.165, 1.54) is 11.1 Å². The molecule has 2 aromatic carbocycles. The number of likely N-dealkylation sites (tertiary alicyclic amines) is 1. The number of carbonyl (C=O) groups excluding carboxylic acids is 1. The van der Waals surface area contributed by atoms with Crippen LogP contribution in [-0.4, -0.2) is 27.5 Å². The number of hydrogen-bond acceptors (Lipinski definition) is 4. The van der Waals surface area contributed by atoms with E-state index in [1.807, 2.05) is 35.2 Å². The zero-order valence-corrected chi connectivity index (χ0v) is 16.2. The van der Waals surface area contributed by atoms with Crippen LogP contribution >= 0.6 is 0 Å². The zero-order valence-electron chi connectivity index (χ0n) is 16.2. The topological polar surface area (TPSA) is 59.2 Å². The Kier molecular flexibility index (Phi) is 5.51. The molecule has 1 aromatic heterocycles. The summed E-state index contributed by atoms with van der Waals surface area (Å²) in [5.74, 6) is 1.24. The first-order valence-electron chi connectivity index (χ1n) is 10.0. The molecule has 1 saturated heterocycles. The van der Waals surface area contributed by atoms with Gasteiger partial charge < -0.3 is 9.42 Å². The fourth-order valence-electron chi connectivity index (χ4n) is 3.81. The normalized spacial score (nSPS) is 16.5. The van der Waals surface area contributed by atoms with E-state index < -0.39 is 0 Å². The molecule has 0 unspecified atom stereocenters. The first-order chi connectivity index (χ1) is 13.7. The monoisotopic (exact) mass is 375 g/mol. The van der Waals surface area contributed by atoms with Gasteiger partial charge in [-0.3, -0.25) is 4.79 Å². The van der Waals surface area contributed by atoms with Crippen LogP contribution in [0.1, 0.15) is 49.2 Å². The largest absolute Gasteiger partial charge is 0.339 e. The molecule has 2 heterocycles. The Morgan fingerprint density at radius 1 is 1.14 bits per heavy atom. The maximum absolute atomic E-state index is 12.8. The molecule has 4 rings (SSSR count). The van der Waals surface area contributed by atoms with Gasteiger partial charge in [-0.25, -0.2) is 0 Å². The van der Waals surface area contributed by atoms with Crippen molar-refractivity contribution < 1.29 is 9.32 Å². The fraction of sp³-hybridized carbons (Fsp3) is 0.348. The second-order valence-corrected chi connectivity index (χ2v) is 7.22. The van der Waals surface area contributed by atoms with E-state index in [0.717, 1.165) is 31.4 Å². The molecular weight excluding hydrogens is 350 g/mol. The average molecular weight is 375 g/mol. The second kappa shape index (κ2) is 8.38. The minimum Gasteiger partial charge on any atom is -0.339 e. The molecule has 1 aliphatic rings. The Hall–Kier alpha value is -2.95. The highest BCUT2D eigenvalue weighted by Gasteiger charge is 2.29. The van der Waals surface area contributed by atoms with Crippen LogP contribution in [-0.2, 0) is 17.6 Å². The molecule has 5 heteroatoms. The molecule has 1 amide bonds. The van der Waals surface area contributed by atoms with Gasteiger partial charge in [-0.1, -0.05) is 66.7 Å². The first kappa shape index (κ1) is 18.4. The van der Waals surface area contributed by atoms with Crippen molar-refractivity contribution in [2.75, 3.05) is 6.54 Å². The summed E-state index contributed by atoms with van der Waals surface area (Å²) in [5.41, 5.74) is 3.42. The van der Waals surface area contributed by atoms with Crippen LogP contribution in [0.5, 0.6) is 0 Å². The summed E-state index contributed by atoms with van der Waals surface area (Å²) >= 11 is 0. The van der Waals surface area contributed by atoms with Crippen LogP contribution in [0, 0.1) is 0 Å². The van der Waals surface area contributed by atoms with Gasteiger partial charge in [-0.2, -0.15) is 4.98 Å². The molecule has 5 nitrogen and oxygen atoms in total. The number of aromatic nitrogens is 2. The van der Waals surface area contributed by atoms with Crippen LogP contribution in [0.4, 0.5) is 0 Å². The number of rotatable bonds is 6. The fourth-order valence-corrected chi connectivity index (χ4v) is 3.81. The van der Waals surface area contributed by atoms with Crippen molar-refractivity contribution in [1.29, 1.82) is 0 Å². The van der Waals surface area contributed by atoms with Crippen LogP contribution in [0.25, 0.3) is 11.4 Å². The number of hydrogen-bond donors (Lipinski definition) is 0. The maximum Gasteiger partial charge on any atom is 0.227 e. The summed E-state index contributed by atoms with van der Waals surface area (Å²) in [6, 6.07) is 18.6. The SMILES string of the molecule is CCc1ccc(-c2noc(CCC(=O)N3CCC[C@H]3c3ccccc3)n2)cc1. The van der Waals surface area contributed by atoms with E-state index in [4.69, 9.17) is 4.52 Å². The van der Waals surface area contributed by atoms with Gasteiger partial charge in [-0.15, -0.1) is 0 Å². The van der Waals surface area contributed by atoms with Crippen molar-refractivity contribution in [2.24, 2.45) is 0 Å². The summed E-state index contributed by atoms with van der Waals surface area (Å²) in [6.45, 7) is 2.94. The van der Waals surface area contributed by atoms with Gasteiger partial charge in [0.05, 0.1) is 6.04 Å². The minimum absolute atomic E-state index is 0.151. The van der Waals surface area contributed by atoms with Gasteiger partial charge in [0.2, 0.25) is 17.6 Å². The van der Waals surface area contributed by atoms with E-state index >= 15 is 0 Å². The average Bonchev–Trinajstić information content (AvgIpc) is 3.43. The van der Waals surface area contributed by atoms with Crippen molar-refractivity contribution in [2.45, 2.75) is 45.1 Å². The summed E-state index contributed by atoms with van der Waals surface area (Å²) < 4.78 is 5.37. The Balaban J connectivity index is 1.38. The van der Waals surface area contributed by atoms with Gasteiger partial charge >= 0.3 is 0 Å². The molecule has 144 valence electrons. The van der Waals surface area contributed by atoms with Gasteiger partial charge in [-0.05, 0) is 30.4 Å². The van der Waals surface area contributed by atoms with Crippen LogP contribution in [0.3, 0.4) is 0 Å². The highest BCUT2D eigenvalue weighted by atomic mass is 16.5. The summed E-state index contributed by atoms with van der Waals surface area (Å²) in [7, 11) is 0. The minimum atomic E-state index is 0.151. The molecule has 3 aromatic rings. The van der Waals surface area contributed by atoms with Crippen LogP contribution in [0.15, 0.2) is 59.1 Å². The molecule has 0 bridgehead atoms. The van der Waals surface area contributed by atoms with Crippen molar-refractivity contribution >= 4 is 5.91 Å². The molecule has 0 aliphatic carbocycles. The highest BCUT2D eigenvalue weighted by Crippen LogP contribution is 2.32. The van der Waals surface area contributed by atoms with Crippen LogP contribution in [0.2, 0.25) is 0 Å². The van der Waals surface area contributed by atoms with Crippen molar-refractivity contribution in [3.05, 3.63) is 71.6 Å². The van der Waals surface area contributed by atoms with E-state index in [0.29, 0.717) is 24.6 Å². The molecule has 0 spiro atoms. The quantitative estimate of drug-likeness (QED) is 0.632. The third kappa shape index (κ3) is 3.98. The van der Waals surface area contributed by atoms with Gasteiger partial charge in [0.25, 0.3) is 0 Å². The zero-order chi connectivity index (χ0) is 19.3. The molecule has 0 N–H and O–H groups in total. The Morgan fingerprint density at radius 2 is 1.93 bits per heavy atom. The van der Waals surface area contributed by atoms with Gasteiger partial charge in [0.1, 0.15) is 0 Å². The molecule has 0 saturated carbocycles. The lowest BCUT2D eigenvalue weighted by atomic mass is 10.0.